The van der Waals surface area contributed by atoms with Gasteiger partial charge in [0, 0.05) is 24.5 Å². The molecular weight excluding hydrogens is 340 g/mol. The Bertz CT molecular complexity index is 825. The van der Waals surface area contributed by atoms with Crippen molar-refractivity contribution in [2.24, 2.45) is 18.1 Å². The van der Waals surface area contributed by atoms with E-state index in [4.69, 9.17) is 0 Å². The van der Waals surface area contributed by atoms with Crippen molar-refractivity contribution in [3.05, 3.63) is 35.6 Å². The predicted molar refractivity (Wildman–Crippen MR) is 93.3 cm³/mol. The van der Waals surface area contributed by atoms with Gasteiger partial charge in [-0.15, -0.1) is 0 Å². The topological polar surface area (TPSA) is 71.3 Å². The lowest BCUT2D eigenvalue weighted by Gasteiger charge is -2.27. The van der Waals surface area contributed by atoms with Crippen molar-refractivity contribution in [3.8, 4) is 0 Å². The minimum atomic E-state index is -1.02. The maximum atomic E-state index is 14.5. The Morgan fingerprint density at radius 2 is 2.19 bits per heavy atom. The lowest BCUT2D eigenvalue weighted by atomic mass is 9.85. The van der Waals surface area contributed by atoms with E-state index in [1.54, 1.807) is 24.1 Å². The highest BCUT2D eigenvalue weighted by atomic mass is 19.1. The second-order valence-electron chi connectivity index (χ2n) is 7.07. The highest BCUT2D eigenvalue weighted by molar-refractivity contribution is 6.41. The Labute approximate surface area is 150 Å². The lowest BCUT2D eigenvalue weighted by Crippen LogP contribution is -2.47. The van der Waals surface area contributed by atoms with Crippen LogP contribution in [0.1, 0.15) is 37.7 Å². The first-order chi connectivity index (χ1) is 12.5. The average molecular weight is 361 g/mol. The molecule has 0 bridgehead atoms. The van der Waals surface area contributed by atoms with E-state index < -0.39 is 12.2 Å². The second-order valence-corrected chi connectivity index (χ2v) is 7.07. The van der Waals surface area contributed by atoms with Crippen molar-refractivity contribution < 1.29 is 13.6 Å². The summed E-state index contributed by atoms with van der Waals surface area (Å²) in [5.41, 5.74) is 4.76. The van der Waals surface area contributed by atoms with E-state index in [-0.39, 0.29) is 23.4 Å². The van der Waals surface area contributed by atoms with E-state index in [9.17, 15) is 13.6 Å². The van der Waals surface area contributed by atoms with Gasteiger partial charge in [0.25, 0.3) is 5.91 Å². The van der Waals surface area contributed by atoms with Crippen LogP contribution in [0.4, 0.5) is 8.78 Å². The minimum Gasteiger partial charge on any atom is -0.345 e. The number of fused-ring (bicyclic) bond motifs is 1. The summed E-state index contributed by atoms with van der Waals surface area (Å²) >= 11 is 0. The van der Waals surface area contributed by atoms with Crippen LogP contribution in [0.25, 0.3) is 5.57 Å². The first-order valence-electron chi connectivity index (χ1n) is 8.90. The Morgan fingerprint density at radius 3 is 2.92 bits per heavy atom. The van der Waals surface area contributed by atoms with Gasteiger partial charge in [-0.1, -0.05) is 12.8 Å². The van der Waals surface area contributed by atoms with E-state index in [2.05, 4.69) is 20.9 Å². The average Bonchev–Trinajstić information content (AvgIpc) is 3.22. The third kappa shape index (κ3) is 3.04. The molecule has 8 heteroatoms. The Balaban J connectivity index is 1.51. The summed E-state index contributed by atoms with van der Waals surface area (Å²) < 4.78 is 30.1. The number of aromatic nitrogens is 2. The molecule has 0 saturated heterocycles. The number of hydrazone groups is 1. The van der Waals surface area contributed by atoms with Crippen molar-refractivity contribution in [2.45, 2.75) is 44.3 Å². The molecule has 3 atom stereocenters. The van der Waals surface area contributed by atoms with Crippen molar-refractivity contribution in [2.75, 3.05) is 0 Å². The van der Waals surface area contributed by atoms with E-state index >= 15 is 0 Å². The normalized spacial score (nSPS) is 28.2. The summed E-state index contributed by atoms with van der Waals surface area (Å²) in [4.78, 5) is 12.6. The van der Waals surface area contributed by atoms with Gasteiger partial charge >= 0.3 is 0 Å². The molecule has 2 heterocycles. The number of carbonyl (C=O) groups is 1. The molecule has 2 aliphatic carbocycles. The molecule has 2 N–H and O–H groups in total. The largest absolute Gasteiger partial charge is 0.345 e. The number of hydrogen-bond donors (Lipinski definition) is 2. The molecule has 0 spiro atoms. The molecule has 1 saturated carbocycles. The molecule has 0 radical (unpaired) electrons. The number of amides is 1. The summed E-state index contributed by atoms with van der Waals surface area (Å²) in [5, 5.41) is 10.9. The fourth-order valence-electron chi connectivity index (χ4n) is 3.83. The van der Waals surface area contributed by atoms with Gasteiger partial charge in [0.05, 0.1) is 18.2 Å². The predicted octanol–water partition coefficient (Wildman–Crippen LogP) is 2.36. The number of aryl methyl sites for hydroxylation is 1. The van der Waals surface area contributed by atoms with Crippen LogP contribution in [0, 0.1) is 5.92 Å². The van der Waals surface area contributed by atoms with Crippen LogP contribution in [0.3, 0.4) is 0 Å². The SMILES string of the molecule is Cn1cc(C2=C(F)C=C3NN=C(C(=O)N[C@@H]4CCCC[C@H]4F)C3C2)cn1. The standard InChI is InChI=1S/C18H21F2N5O/c1-25-9-10(8-21-25)11-6-12-16(7-14(11)20)23-24-17(12)18(26)22-15-5-3-2-4-13(15)19/h7-9,12-13,15,23H,2-6H2,1H3,(H,22,26)/t12?,13-,15-/m1/s1. The van der Waals surface area contributed by atoms with Crippen LogP contribution >= 0.6 is 0 Å². The molecular formula is C18H21F2N5O. The number of rotatable bonds is 3. The number of carbonyl (C=O) groups excluding carboxylic acids is 1. The Morgan fingerprint density at radius 1 is 1.38 bits per heavy atom. The smallest absolute Gasteiger partial charge is 0.268 e. The molecule has 4 rings (SSSR count). The summed E-state index contributed by atoms with van der Waals surface area (Å²) in [5.74, 6) is -1.09. The van der Waals surface area contributed by atoms with Crippen LogP contribution in [0.5, 0.6) is 0 Å². The van der Waals surface area contributed by atoms with Gasteiger partial charge in [0.1, 0.15) is 17.7 Å². The number of allylic oxidation sites excluding steroid dienone is 4. The van der Waals surface area contributed by atoms with Crippen LogP contribution in [-0.4, -0.2) is 33.6 Å². The summed E-state index contributed by atoms with van der Waals surface area (Å²) in [7, 11) is 1.76. The van der Waals surface area contributed by atoms with Gasteiger partial charge in [-0.25, -0.2) is 8.78 Å². The molecule has 0 aromatic carbocycles. The zero-order valence-electron chi connectivity index (χ0n) is 14.5. The van der Waals surface area contributed by atoms with Crippen LogP contribution < -0.4 is 10.7 Å². The number of hydrogen-bond acceptors (Lipinski definition) is 4. The Kier molecular flexibility index (Phi) is 4.34. The van der Waals surface area contributed by atoms with Crippen LogP contribution in [0.15, 0.2) is 35.1 Å². The van der Waals surface area contributed by atoms with Gasteiger partial charge in [-0.05, 0) is 30.9 Å². The van der Waals surface area contributed by atoms with Crippen molar-refractivity contribution in [1.82, 2.24) is 20.5 Å². The molecule has 1 aromatic heterocycles. The minimum absolute atomic E-state index is 0.280. The van der Waals surface area contributed by atoms with Crippen LogP contribution in [-0.2, 0) is 11.8 Å². The van der Waals surface area contributed by atoms with Crippen molar-refractivity contribution in [1.29, 1.82) is 0 Å². The molecule has 1 amide bonds. The quantitative estimate of drug-likeness (QED) is 0.868. The number of nitrogens with zero attached hydrogens (tertiary/aromatic N) is 3. The number of nitrogens with one attached hydrogen (secondary N) is 2. The van der Waals surface area contributed by atoms with Gasteiger partial charge in [0.2, 0.25) is 0 Å². The van der Waals surface area contributed by atoms with E-state index in [0.717, 1.165) is 12.8 Å². The second kappa shape index (κ2) is 6.66. The van der Waals surface area contributed by atoms with Crippen molar-refractivity contribution >= 4 is 17.2 Å². The highest BCUT2D eigenvalue weighted by Crippen LogP contribution is 2.37. The highest BCUT2D eigenvalue weighted by Gasteiger charge is 2.37. The molecule has 1 unspecified atom stereocenters. The maximum absolute atomic E-state index is 14.5. The number of alkyl halides is 1. The summed E-state index contributed by atoms with van der Waals surface area (Å²) in [6.45, 7) is 0. The molecule has 6 nitrogen and oxygen atoms in total. The molecule has 138 valence electrons. The molecule has 1 aromatic rings. The monoisotopic (exact) mass is 361 g/mol. The van der Waals surface area contributed by atoms with Gasteiger partial charge in [-0.2, -0.15) is 10.2 Å². The van der Waals surface area contributed by atoms with E-state index in [1.165, 1.54) is 6.08 Å². The van der Waals surface area contributed by atoms with Crippen LogP contribution in [0.2, 0.25) is 0 Å². The van der Waals surface area contributed by atoms with Gasteiger partial charge in [-0.3, -0.25) is 14.9 Å². The first kappa shape index (κ1) is 16.9. The third-order valence-corrected chi connectivity index (χ3v) is 5.27. The van der Waals surface area contributed by atoms with E-state index in [0.29, 0.717) is 36.1 Å². The third-order valence-electron chi connectivity index (χ3n) is 5.27. The van der Waals surface area contributed by atoms with Gasteiger partial charge in [0.15, 0.2) is 0 Å². The summed E-state index contributed by atoms with van der Waals surface area (Å²) in [6.07, 6.45) is 6.87. The maximum Gasteiger partial charge on any atom is 0.268 e. The first-order valence-corrected chi connectivity index (χ1v) is 8.90. The zero-order chi connectivity index (χ0) is 18.3. The van der Waals surface area contributed by atoms with Crippen molar-refractivity contribution in [3.63, 3.8) is 0 Å². The Hall–Kier alpha value is -2.51. The van der Waals surface area contributed by atoms with E-state index in [1.807, 2.05) is 0 Å². The zero-order valence-corrected chi connectivity index (χ0v) is 14.5. The lowest BCUT2D eigenvalue weighted by molar-refractivity contribution is -0.116. The number of halogens is 2. The summed E-state index contributed by atoms with van der Waals surface area (Å²) in [6, 6.07) is -0.472. The fourth-order valence-corrected chi connectivity index (χ4v) is 3.83. The molecule has 26 heavy (non-hydrogen) atoms. The van der Waals surface area contributed by atoms with Gasteiger partial charge < -0.3 is 5.32 Å². The fraction of sp³-hybridized carbons (Fsp3) is 0.500. The molecule has 3 aliphatic rings. The molecule has 1 aliphatic heterocycles. The molecule has 1 fully saturated rings.